The van der Waals surface area contributed by atoms with Crippen molar-refractivity contribution in [3.63, 3.8) is 0 Å². The summed E-state index contributed by atoms with van der Waals surface area (Å²) in [5.41, 5.74) is 2.36. The zero-order chi connectivity index (χ0) is 24.4. The third-order valence-corrected chi connectivity index (χ3v) is 7.98. The molecular formula is C26H25N5O3S. The average Bonchev–Trinajstić information content (AvgIpc) is 2.88. The highest BCUT2D eigenvalue weighted by Gasteiger charge is 2.29. The van der Waals surface area contributed by atoms with Crippen LogP contribution in [0.2, 0.25) is 0 Å². The molecule has 0 spiro atoms. The van der Waals surface area contributed by atoms with Gasteiger partial charge in [-0.15, -0.1) is 10.2 Å². The van der Waals surface area contributed by atoms with Gasteiger partial charge < -0.3 is 10.2 Å². The van der Waals surface area contributed by atoms with E-state index in [4.69, 9.17) is 0 Å². The Labute approximate surface area is 204 Å². The number of nitrogens with zero attached hydrogens (tertiary/aromatic N) is 4. The zero-order valence-electron chi connectivity index (χ0n) is 19.3. The lowest BCUT2D eigenvalue weighted by Gasteiger charge is -2.34. The number of sulfonamides is 1. The van der Waals surface area contributed by atoms with Crippen molar-refractivity contribution in [3.05, 3.63) is 78.9 Å². The molecule has 35 heavy (non-hydrogen) atoms. The molecule has 0 aliphatic carbocycles. The smallest absolute Gasteiger partial charge is 0.243 e. The number of amides is 1. The highest BCUT2D eigenvalue weighted by molar-refractivity contribution is 7.89. The van der Waals surface area contributed by atoms with Gasteiger partial charge in [0, 0.05) is 44.4 Å². The van der Waals surface area contributed by atoms with E-state index in [1.807, 2.05) is 35.2 Å². The molecule has 0 atom stereocenters. The van der Waals surface area contributed by atoms with Gasteiger partial charge in [0.25, 0.3) is 0 Å². The van der Waals surface area contributed by atoms with Crippen LogP contribution in [0.15, 0.2) is 83.8 Å². The highest BCUT2D eigenvalue weighted by atomic mass is 32.2. The number of benzene rings is 3. The van der Waals surface area contributed by atoms with E-state index in [9.17, 15) is 13.2 Å². The second-order valence-electron chi connectivity index (χ2n) is 8.44. The molecule has 9 heteroatoms. The predicted molar refractivity (Wildman–Crippen MR) is 137 cm³/mol. The van der Waals surface area contributed by atoms with Gasteiger partial charge in [-0.3, -0.25) is 4.79 Å². The van der Waals surface area contributed by atoms with Crippen molar-refractivity contribution >= 4 is 38.2 Å². The molecule has 2 heterocycles. The standard InChI is InChI=1S/C26H25N5O3S/c1-19(32)27-23-8-10-24(11-9-23)35(33,34)31-16-14-30(15-17-31)26-13-12-25(28-29-26)22-7-6-20-4-2-3-5-21(20)18-22/h2-13,18H,14-17H2,1H3,(H,27,32). The van der Waals surface area contributed by atoms with Crippen LogP contribution in [0.1, 0.15) is 6.92 Å². The van der Waals surface area contributed by atoms with E-state index in [-0.39, 0.29) is 10.8 Å². The number of anilines is 2. The van der Waals surface area contributed by atoms with Crippen molar-refractivity contribution in [1.82, 2.24) is 14.5 Å². The minimum atomic E-state index is -3.62. The lowest BCUT2D eigenvalue weighted by molar-refractivity contribution is -0.114. The van der Waals surface area contributed by atoms with E-state index in [1.54, 1.807) is 12.1 Å². The predicted octanol–water partition coefficient (Wildman–Crippen LogP) is 3.77. The third-order valence-electron chi connectivity index (χ3n) is 6.07. The van der Waals surface area contributed by atoms with Gasteiger partial charge in [0.2, 0.25) is 15.9 Å². The summed E-state index contributed by atoms with van der Waals surface area (Å²) < 4.78 is 27.6. The van der Waals surface area contributed by atoms with Gasteiger partial charge in [-0.2, -0.15) is 4.31 Å². The molecule has 4 aromatic rings. The molecule has 0 saturated carbocycles. The maximum atomic E-state index is 13.1. The topological polar surface area (TPSA) is 95.5 Å². The SMILES string of the molecule is CC(=O)Nc1ccc(S(=O)(=O)N2CCN(c3ccc(-c4ccc5ccccc5c4)nn3)CC2)cc1. The van der Waals surface area contributed by atoms with Gasteiger partial charge in [-0.05, 0) is 53.2 Å². The Bertz CT molecular complexity index is 1460. The van der Waals surface area contributed by atoms with Crippen LogP contribution in [0.4, 0.5) is 11.5 Å². The van der Waals surface area contributed by atoms with Crippen LogP contribution in [-0.4, -0.2) is 55.0 Å². The first-order valence-electron chi connectivity index (χ1n) is 11.4. The number of aromatic nitrogens is 2. The maximum absolute atomic E-state index is 13.1. The molecule has 1 aliphatic heterocycles. The molecule has 1 aromatic heterocycles. The van der Waals surface area contributed by atoms with Crippen LogP contribution < -0.4 is 10.2 Å². The van der Waals surface area contributed by atoms with Gasteiger partial charge in [0.1, 0.15) is 0 Å². The van der Waals surface area contributed by atoms with E-state index in [1.165, 1.54) is 28.7 Å². The lowest BCUT2D eigenvalue weighted by Crippen LogP contribution is -2.49. The van der Waals surface area contributed by atoms with Crippen molar-refractivity contribution in [1.29, 1.82) is 0 Å². The van der Waals surface area contributed by atoms with Crippen LogP contribution in [-0.2, 0) is 14.8 Å². The van der Waals surface area contributed by atoms with Crippen molar-refractivity contribution in [2.75, 3.05) is 36.4 Å². The summed E-state index contributed by atoms with van der Waals surface area (Å²) in [4.78, 5) is 13.4. The molecule has 1 aliphatic rings. The van der Waals surface area contributed by atoms with Gasteiger partial charge in [-0.25, -0.2) is 8.42 Å². The monoisotopic (exact) mass is 487 g/mol. The molecule has 3 aromatic carbocycles. The fourth-order valence-corrected chi connectivity index (χ4v) is 5.64. The number of nitrogens with one attached hydrogen (secondary N) is 1. The Kier molecular flexibility index (Phi) is 6.19. The zero-order valence-corrected chi connectivity index (χ0v) is 20.1. The van der Waals surface area contributed by atoms with E-state index >= 15 is 0 Å². The minimum absolute atomic E-state index is 0.204. The molecule has 0 unspecified atom stereocenters. The molecule has 1 fully saturated rings. The Morgan fingerprint density at radius 2 is 1.54 bits per heavy atom. The van der Waals surface area contributed by atoms with Crippen molar-refractivity contribution in [3.8, 4) is 11.3 Å². The van der Waals surface area contributed by atoms with Crippen molar-refractivity contribution in [2.45, 2.75) is 11.8 Å². The molecular weight excluding hydrogens is 462 g/mol. The quantitative estimate of drug-likeness (QED) is 0.461. The average molecular weight is 488 g/mol. The first kappa shape index (κ1) is 22.9. The van der Waals surface area contributed by atoms with Crippen LogP contribution >= 0.6 is 0 Å². The summed E-state index contributed by atoms with van der Waals surface area (Å²) in [7, 11) is -3.62. The van der Waals surface area contributed by atoms with Gasteiger partial charge in [0.15, 0.2) is 5.82 Å². The number of rotatable bonds is 5. The van der Waals surface area contributed by atoms with Gasteiger partial charge in [-0.1, -0.05) is 36.4 Å². The Balaban J connectivity index is 1.24. The summed E-state index contributed by atoms with van der Waals surface area (Å²) in [5, 5.41) is 13.8. The molecule has 0 radical (unpaired) electrons. The molecule has 1 N–H and O–H groups in total. The normalized spacial score (nSPS) is 14.7. The van der Waals surface area contributed by atoms with E-state index in [0.717, 1.165) is 22.5 Å². The Morgan fingerprint density at radius 1 is 0.829 bits per heavy atom. The summed E-state index contributed by atoms with van der Waals surface area (Å²) in [6, 6.07) is 24.5. The Hall–Kier alpha value is -3.82. The molecule has 1 saturated heterocycles. The molecule has 1 amide bonds. The minimum Gasteiger partial charge on any atom is -0.352 e. The van der Waals surface area contributed by atoms with Crippen molar-refractivity contribution in [2.24, 2.45) is 0 Å². The number of hydrogen-bond donors (Lipinski definition) is 1. The molecule has 0 bridgehead atoms. The van der Waals surface area contributed by atoms with Gasteiger partial charge in [0.05, 0.1) is 10.6 Å². The third kappa shape index (κ3) is 4.87. The van der Waals surface area contributed by atoms with Crippen molar-refractivity contribution < 1.29 is 13.2 Å². The number of carbonyl (C=O) groups excluding carboxylic acids is 1. The fraction of sp³-hybridized carbons (Fsp3) is 0.192. The number of piperazine rings is 1. The van der Waals surface area contributed by atoms with E-state index < -0.39 is 10.0 Å². The highest BCUT2D eigenvalue weighted by Crippen LogP contribution is 2.25. The summed E-state index contributed by atoms with van der Waals surface area (Å²) >= 11 is 0. The van der Waals surface area contributed by atoms with Crippen LogP contribution in [0.25, 0.3) is 22.0 Å². The molecule has 5 rings (SSSR count). The fourth-order valence-electron chi connectivity index (χ4n) is 4.22. The number of carbonyl (C=O) groups is 1. The summed E-state index contributed by atoms with van der Waals surface area (Å²) in [5.74, 6) is 0.524. The maximum Gasteiger partial charge on any atom is 0.243 e. The van der Waals surface area contributed by atoms with Gasteiger partial charge >= 0.3 is 0 Å². The first-order chi connectivity index (χ1) is 16.9. The van der Waals surface area contributed by atoms with E-state index in [0.29, 0.717) is 31.9 Å². The van der Waals surface area contributed by atoms with E-state index in [2.05, 4.69) is 39.8 Å². The van der Waals surface area contributed by atoms with Crippen LogP contribution in [0, 0.1) is 0 Å². The number of fused-ring (bicyclic) bond motifs is 1. The summed E-state index contributed by atoms with van der Waals surface area (Å²) in [6.45, 7) is 3.15. The largest absolute Gasteiger partial charge is 0.352 e. The van der Waals surface area contributed by atoms with Crippen LogP contribution in [0.3, 0.4) is 0 Å². The van der Waals surface area contributed by atoms with Crippen LogP contribution in [0.5, 0.6) is 0 Å². The summed E-state index contributed by atoms with van der Waals surface area (Å²) in [6.07, 6.45) is 0. The second kappa shape index (κ2) is 9.44. The lowest BCUT2D eigenvalue weighted by atomic mass is 10.1. The number of hydrogen-bond acceptors (Lipinski definition) is 6. The molecule has 8 nitrogen and oxygen atoms in total. The molecule has 178 valence electrons. The second-order valence-corrected chi connectivity index (χ2v) is 10.4. The Morgan fingerprint density at radius 3 is 2.20 bits per heavy atom. The first-order valence-corrected chi connectivity index (χ1v) is 12.8.